The van der Waals surface area contributed by atoms with Gasteiger partial charge in [-0.2, -0.15) is 0 Å². The minimum atomic E-state index is -0.585. The van der Waals surface area contributed by atoms with Gasteiger partial charge in [0.2, 0.25) is 0 Å². The maximum absolute atomic E-state index is 13.5. The van der Waals surface area contributed by atoms with E-state index in [2.05, 4.69) is 20.4 Å². The number of nitro benzene ring substituents is 1. The van der Waals surface area contributed by atoms with Crippen LogP contribution < -0.4 is 20.4 Å². The van der Waals surface area contributed by atoms with E-state index in [-0.39, 0.29) is 28.9 Å². The number of esters is 1. The lowest BCUT2D eigenvalue weighted by Crippen LogP contribution is -2.49. The average molecular weight is 645 g/mol. The number of ether oxygens (including phenoxy) is 1. The number of rotatable bonds is 8. The zero-order valence-electron chi connectivity index (χ0n) is 25.6. The Morgan fingerprint density at radius 2 is 1.52 bits per heavy atom. The molecule has 2 fully saturated rings. The topological polar surface area (TPSA) is 137 Å². The van der Waals surface area contributed by atoms with E-state index >= 15 is 0 Å². The average Bonchev–Trinajstić information content (AvgIpc) is 3.08. The van der Waals surface area contributed by atoms with Crippen LogP contribution in [0.3, 0.4) is 0 Å². The molecule has 5 rings (SSSR count). The third-order valence-corrected chi connectivity index (χ3v) is 8.25. The van der Waals surface area contributed by atoms with E-state index in [9.17, 15) is 24.5 Å². The van der Waals surface area contributed by atoms with Gasteiger partial charge in [-0.15, -0.1) is 0 Å². The molecule has 0 bridgehead atoms. The number of hydrogen-bond acceptors (Lipinski definition) is 9. The number of nitro groups is 1. The van der Waals surface area contributed by atoms with Crippen LogP contribution in [0.4, 0.5) is 22.7 Å². The van der Waals surface area contributed by atoms with Gasteiger partial charge in [-0.3, -0.25) is 25.0 Å². The monoisotopic (exact) mass is 644 g/mol. The number of piperazine rings is 1. The highest BCUT2D eigenvalue weighted by Gasteiger charge is 2.26. The largest absolute Gasteiger partial charge is 0.462 e. The van der Waals surface area contributed by atoms with E-state index < -0.39 is 16.8 Å². The van der Waals surface area contributed by atoms with Crippen molar-refractivity contribution in [1.29, 1.82) is 0 Å². The molecule has 12 nitrogen and oxygen atoms in total. The summed E-state index contributed by atoms with van der Waals surface area (Å²) >= 11 is 5.55. The van der Waals surface area contributed by atoms with E-state index in [1.165, 1.54) is 12.1 Å². The Kier molecular flexibility index (Phi) is 10.4. The number of carbonyl (C=O) groups is 3. The Morgan fingerprint density at radius 3 is 2.20 bits per heavy atom. The predicted molar refractivity (Wildman–Crippen MR) is 180 cm³/mol. The van der Waals surface area contributed by atoms with Crippen molar-refractivity contribution in [3.05, 3.63) is 93.5 Å². The zero-order chi connectivity index (χ0) is 32.6. The Balaban J connectivity index is 1.35. The van der Waals surface area contributed by atoms with Crippen LogP contribution in [-0.2, 0) is 4.74 Å². The molecule has 46 heavy (non-hydrogen) atoms. The number of hydrogen-bond donors (Lipinski definition) is 2. The Bertz CT molecular complexity index is 1620. The number of benzene rings is 3. The lowest BCUT2D eigenvalue weighted by Gasteiger charge is -2.37. The van der Waals surface area contributed by atoms with Gasteiger partial charge >= 0.3 is 5.97 Å². The standard InChI is InChI=1S/C33H36N6O6S/c1-2-45-32(42)24-11-13-29(37-17-19-38(20-18-37)31(41)23-9-5-3-6-10-23)27(21-24)34-33(46)35-30(40)26-22-25(39(43)44)12-14-28(26)36-15-7-4-8-16-36/h3,5-6,9-14,21-22H,2,4,7-8,15-20H2,1H3,(H2,34,35,40,46). The van der Waals surface area contributed by atoms with Gasteiger partial charge in [0, 0.05) is 57.0 Å². The Morgan fingerprint density at radius 1 is 0.848 bits per heavy atom. The molecule has 3 aromatic carbocycles. The van der Waals surface area contributed by atoms with Gasteiger partial charge in [0.05, 0.1) is 39.7 Å². The SMILES string of the molecule is CCOC(=O)c1ccc(N2CCN(C(=O)c3ccccc3)CC2)c(NC(=S)NC(=O)c2cc([N+](=O)[O-])ccc2N2CCCCC2)c1. The second kappa shape index (κ2) is 14.8. The van der Waals surface area contributed by atoms with Crippen molar-refractivity contribution in [2.75, 3.05) is 61.0 Å². The molecule has 2 saturated heterocycles. The molecular weight excluding hydrogens is 608 g/mol. The molecule has 0 atom stereocenters. The number of piperidine rings is 1. The van der Waals surface area contributed by atoms with Crippen LogP contribution in [0.25, 0.3) is 0 Å². The first kappa shape index (κ1) is 32.4. The van der Waals surface area contributed by atoms with E-state index in [1.54, 1.807) is 48.2 Å². The normalized spacial score (nSPS) is 14.8. The molecular formula is C33H36N6O6S. The molecule has 2 aliphatic rings. The summed E-state index contributed by atoms with van der Waals surface area (Å²) in [6.45, 7) is 5.44. The van der Waals surface area contributed by atoms with Gasteiger partial charge in [-0.1, -0.05) is 18.2 Å². The highest BCUT2D eigenvalue weighted by atomic mass is 32.1. The summed E-state index contributed by atoms with van der Waals surface area (Å²) in [5.41, 5.74) is 2.68. The van der Waals surface area contributed by atoms with Gasteiger partial charge in [0.25, 0.3) is 17.5 Å². The van der Waals surface area contributed by atoms with Gasteiger partial charge in [-0.05, 0) is 74.8 Å². The molecule has 2 heterocycles. The van der Waals surface area contributed by atoms with Crippen molar-refractivity contribution in [2.45, 2.75) is 26.2 Å². The molecule has 3 aromatic rings. The quantitative estimate of drug-likeness (QED) is 0.152. The van der Waals surface area contributed by atoms with Crippen LogP contribution in [0.2, 0.25) is 0 Å². The fraction of sp³-hybridized carbons (Fsp3) is 0.333. The van der Waals surface area contributed by atoms with Gasteiger partial charge in [0.1, 0.15) is 0 Å². The first-order chi connectivity index (χ1) is 22.2. The molecule has 0 saturated carbocycles. The summed E-state index contributed by atoms with van der Waals surface area (Å²) in [5, 5.41) is 17.2. The van der Waals surface area contributed by atoms with Crippen molar-refractivity contribution in [3.8, 4) is 0 Å². The summed E-state index contributed by atoms with van der Waals surface area (Å²) in [6.07, 6.45) is 3.02. The molecule has 2 N–H and O–H groups in total. The number of carbonyl (C=O) groups excluding carboxylic acids is 3. The third kappa shape index (κ3) is 7.60. The second-order valence-electron chi connectivity index (χ2n) is 11.0. The molecule has 0 unspecified atom stereocenters. The second-order valence-corrected chi connectivity index (χ2v) is 11.4. The van der Waals surface area contributed by atoms with Crippen molar-refractivity contribution >= 4 is 57.9 Å². The van der Waals surface area contributed by atoms with Crippen molar-refractivity contribution in [2.24, 2.45) is 0 Å². The minimum Gasteiger partial charge on any atom is -0.462 e. The minimum absolute atomic E-state index is 0.0368. The Hall–Kier alpha value is -5.04. The van der Waals surface area contributed by atoms with Crippen LogP contribution in [0, 0.1) is 10.1 Å². The maximum Gasteiger partial charge on any atom is 0.338 e. The van der Waals surface area contributed by atoms with E-state index in [0.29, 0.717) is 48.7 Å². The fourth-order valence-electron chi connectivity index (χ4n) is 5.72. The Labute approximate surface area is 272 Å². The third-order valence-electron chi connectivity index (χ3n) is 8.04. The molecule has 0 aliphatic carbocycles. The molecule has 240 valence electrons. The summed E-state index contributed by atoms with van der Waals surface area (Å²) < 4.78 is 5.19. The van der Waals surface area contributed by atoms with Crippen LogP contribution in [0.5, 0.6) is 0 Å². The summed E-state index contributed by atoms with van der Waals surface area (Å²) in [7, 11) is 0. The summed E-state index contributed by atoms with van der Waals surface area (Å²) in [5.74, 6) is -1.13. The first-order valence-corrected chi connectivity index (χ1v) is 15.7. The lowest BCUT2D eigenvalue weighted by atomic mass is 10.1. The number of amides is 2. The van der Waals surface area contributed by atoms with Gasteiger partial charge < -0.3 is 24.8 Å². The van der Waals surface area contributed by atoms with Crippen molar-refractivity contribution in [1.82, 2.24) is 10.2 Å². The lowest BCUT2D eigenvalue weighted by molar-refractivity contribution is -0.384. The summed E-state index contributed by atoms with van der Waals surface area (Å²) in [4.78, 5) is 56.0. The van der Waals surface area contributed by atoms with Crippen LogP contribution in [0.15, 0.2) is 66.7 Å². The van der Waals surface area contributed by atoms with E-state index in [4.69, 9.17) is 17.0 Å². The highest BCUT2D eigenvalue weighted by molar-refractivity contribution is 7.80. The van der Waals surface area contributed by atoms with E-state index in [0.717, 1.165) is 38.0 Å². The number of anilines is 3. The van der Waals surface area contributed by atoms with E-state index in [1.807, 2.05) is 18.2 Å². The molecule has 0 aromatic heterocycles. The van der Waals surface area contributed by atoms with Crippen LogP contribution >= 0.6 is 12.2 Å². The van der Waals surface area contributed by atoms with Crippen LogP contribution in [0.1, 0.15) is 57.3 Å². The van der Waals surface area contributed by atoms with Gasteiger partial charge in [-0.25, -0.2) is 4.79 Å². The molecule has 0 spiro atoms. The van der Waals surface area contributed by atoms with Crippen LogP contribution in [-0.4, -0.2) is 78.6 Å². The highest BCUT2D eigenvalue weighted by Crippen LogP contribution is 2.30. The molecule has 2 aliphatic heterocycles. The molecule has 13 heteroatoms. The smallest absolute Gasteiger partial charge is 0.338 e. The number of nitrogens with zero attached hydrogens (tertiary/aromatic N) is 4. The molecule has 2 amide bonds. The van der Waals surface area contributed by atoms with Crippen molar-refractivity contribution < 1.29 is 24.0 Å². The van der Waals surface area contributed by atoms with Gasteiger partial charge in [0.15, 0.2) is 5.11 Å². The zero-order valence-corrected chi connectivity index (χ0v) is 26.4. The molecule has 0 radical (unpaired) electrons. The summed E-state index contributed by atoms with van der Waals surface area (Å²) in [6, 6.07) is 18.5. The maximum atomic E-state index is 13.5. The number of non-ortho nitro benzene ring substituents is 1. The number of thiocarbonyl (C=S) groups is 1. The predicted octanol–water partition coefficient (Wildman–Crippen LogP) is 4.85. The first-order valence-electron chi connectivity index (χ1n) is 15.3. The number of nitrogens with one attached hydrogen (secondary N) is 2. The fourth-order valence-corrected chi connectivity index (χ4v) is 5.92. The van der Waals surface area contributed by atoms with Crippen molar-refractivity contribution in [3.63, 3.8) is 0 Å².